The summed E-state index contributed by atoms with van der Waals surface area (Å²) in [5.74, 6) is 2.50. The lowest BCUT2D eigenvalue weighted by Gasteiger charge is -2.24. The number of hydrogen-bond donors (Lipinski definition) is 2. The van der Waals surface area contributed by atoms with E-state index in [4.69, 9.17) is 6.42 Å². The second kappa shape index (κ2) is 7.38. The van der Waals surface area contributed by atoms with Gasteiger partial charge >= 0.3 is 5.97 Å². The molecule has 0 fully saturated rings. The number of amidine groups is 1. The van der Waals surface area contributed by atoms with E-state index in [0.717, 1.165) is 5.56 Å². The van der Waals surface area contributed by atoms with E-state index < -0.39 is 12.0 Å². The third-order valence-corrected chi connectivity index (χ3v) is 4.45. The molecule has 2 rings (SSSR count). The summed E-state index contributed by atoms with van der Waals surface area (Å²) >= 11 is 1.40. The van der Waals surface area contributed by atoms with E-state index in [2.05, 4.69) is 30.1 Å². The van der Waals surface area contributed by atoms with E-state index >= 15 is 0 Å². The van der Waals surface area contributed by atoms with Gasteiger partial charge in [-0.05, 0) is 24.0 Å². The number of nitrogens with one attached hydrogen (secondary N) is 1. The maximum Gasteiger partial charge on any atom is 0.335 e. The van der Waals surface area contributed by atoms with Crippen LogP contribution >= 0.6 is 11.8 Å². The first kappa shape index (κ1) is 17.2. The molecule has 4 nitrogen and oxygen atoms in total. The number of hydrogen-bond acceptors (Lipinski definition) is 4. The van der Waals surface area contributed by atoms with Crippen molar-refractivity contribution in [2.75, 3.05) is 5.75 Å². The van der Waals surface area contributed by atoms with Crippen LogP contribution in [0.25, 0.3) is 0 Å². The standard InChI is InChI=1S/C18H20N2O2S/c1-5-10-23-18-19-12(4)15(17(21)22)16(20-18)14-8-6-13(7-9-14)11(2)3/h1,6-9,11,16H,10H2,2-4H3,(H,19,20)(H,21,22). The van der Waals surface area contributed by atoms with Crippen molar-refractivity contribution in [2.45, 2.75) is 32.7 Å². The molecule has 1 unspecified atom stereocenters. The number of carbonyl (C=O) groups is 1. The van der Waals surface area contributed by atoms with Crippen LogP contribution in [-0.2, 0) is 4.79 Å². The van der Waals surface area contributed by atoms with Gasteiger partial charge in [-0.2, -0.15) is 0 Å². The lowest BCUT2D eigenvalue weighted by Crippen LogP contribution is -2.29. The fourth-order valence-corrected chi connectivity index (χ4v) is 3.04. The summed E-state index contributed by atoms with van der Waals surface area (Å²) in [5, 5.41) is 13.2. The number of carboxylic acids is 1. The van der Waals surface area contributed by atoms with Crippen LogP contribution < -0.4 is 5.32 Å². The molecular weight excluding hydrogens is 308 g/mol. The summed E-state index contributed by atoms with van der Waals surface area (Å²) in [6.45, 7) is 6.00. The maximum absolute atomic E-state index is 11.6. The molecule has 1 aromatic carbocycles. The molecule has 1 aliphatic heterocycles. The van der Waals surface area contributed by atoms with Crippen LogP contribution in [-0.4, -0.2) is 22.0 Å². The Morgan fingerprint density at radius 2 is 2.09 bits per heavy atom. The SMILES string of the molecule is C#CCSC1=NC(c2ccc(C(C)C)cc2)C(C(=O)O)=C(C)N1. The van der Waals surface area contributed by atoms with Gasteiger partial charge in [0, 0.05) is 5.70 Å². The van der Waals surface area contributed by atoms with E-state index in [-0.39, 0.29) is 5.57 Å². The predicted molar refractivity (Wildman–Crippen MR) is 95.5 cm³/mol. The highest BCUT2D eigenvalue weighted by molar-refractivity contribution is 8.14. The topological polar surface area (TPSA) is 61.7 Å². The first-order valence-electron chi connectivity index (χ1n) is 7.39. The third kappa shape index (κ3) is 3.96. The molecule has 1 aliphatic rings. The lowest BCUT2D eigenvalue weighted by atomic mass is 9.94. The minimum absolute atomic E-state index is 0.271. The maximum atomic E-state index is 11.6. The van der Waals surface area contributed by atoms with E-state index in [1.807, 2.05) is 24.3 Å². The van der Waals surface area contributed by atoms with Gasteiger partial charge in [0.1, 0.15) is 6.04 Å². The summed E-state index contributed by atoms with van der Waals surface area (Å²) < 4.78 is 0. The normalized spacial score (nSPS) is 17.5. The summed E-state index contributed by atoms with van der Waals surface area (Å²) in [4.78, 5) is 16.2. The van der Waals surface area contributed by atoms with Gasteiger partial charge in [-0.3, -0.25) is 0 Å². The molecule has 0 spiro atoms. The van der Waals surface area contributed by atoms with Gasteiger partial charge in [-0.25, -0.2) is 9.79 Å². The molecule has 1 aromatic rings. The molecule has 0 aliphatic carbocycles. The van der Waals surface area contributed by atoms with Crippen LogP contribution in [0.15, 0.2) is 40.5 Å². The van der Waals surface area contributed by atoms with E-state index in [1.165, 1.54) is 17.3 Å². The number of aliphatic imine (C=N–C) groups is 1. The number of rotatable bonds is 4. The Labute approximate surface area is 141 Å². The second-order valence-corrected chi connectivity index (χ2v) is 6.58. The zero-order valence-corrected chi connectivity index (χ0v) is 14.3. The Bertz CT molecular complexity index is 697. The molecule has 120 valence electrons. The van der Waals surface area contributed by atoms with Crippen molar-refractivity contribution < 1.29 is 9.90 Å². The van der Waals surface area contributed by atoms with Crippen molar-refractivity contribution in [3.63, 3.8) is 0 Å². The van der Waals surface area contributed by atoms with Crippen molar-refractivity contribution in [2.24, 2.45) is 4.99 Å². The minimum atomic E-state index is -0.960. The highest BCUT2D eigenvalue weighted by atomic mass is 32.2. The molecule has 0 bridgehead atoms. The molecule has 0 radical (unpaired) electrons. The highest BCUT2D eigenvalue weighted by Gasteiger charge is 2.29. The number of thioether (sulfide) groups is 1. The first-order valence-corrected chi connectivity index (χ1v) is 8.37. The highest BCUT2D eigenvalue weighted by Crippen LogP contribution is 2.32. The van der Waals surface area contributed by atoms with Crippen molar-refractivity contribution in [3.05, 3.63) is 46.7 Å². The zero-order valence-electron chi connectivity index (χ0n) is 13.5. The van der Waals surface area contributed by atoms with Gasteiger partial charge < -0.3 is 10.4 Å². The third-order valence-electron chi connectivity index (χ3n) is 3.66. The van der Waals surface area contributed by atoms with Crippen molar-refractivity contribution in [1.29, 1.82) is 0 Å². The fourth-order valence-electron chi connectivity index (χ4n) is 2.41. The fraction of sp³-hybridized carbons (Fsp3) is 0.333. The predicted octanol–water partition coefficient (Wildman–Crippen LogP) is 3.54. The molecule has 2 N–H and O–H groups in total. The molecule has 1 heterocycles. The smallest absolute Gasteiger partial charge is 0.335 e. The van der Waals surface area contributed by atoms with Crippen LogP contribution in [0.3, 0.4) is 0 Å². The average molecular weight is 328 g/mol. The molecule has 0 saturated carbocycles. The van der Waals surface area contributed by atoms with Crippen molar-refractivity contribution in [3.8, 4) is 12.3 Å². The lowest BCUT2D eigenvalue weighted by molar-refractivity contribution is -0.133. The van der Waals surface area contributed by atoms with Crippen LogP contribution in [0.1, 0.15) is 43.9 Å². The Morgan fingerprint density at radius 3 is 2.61 bits per heavy atom. The monoisotopic (exact) mass is 328 g/mol. The molecule has 23 heavy (non-hydrogen) atoms. The van der Waals surface area contributed by atoms with E-state index in [0.29, 0.717) is 22.5 Å². The second-order valence-electron chi connectivity index (χ2n) is 5.62. The number of carboxylic acid groups (broad SMARTS) is 1. The van der Waals surface area contributed by atoms with Gasteiger partial charge in [0.05, 0.1) is 11.3 Å². The Hall–Kier alpha value is -2.19. The number of terminal acetylenes is 1. The zero-order chi connectivity index (χ0) is 17.0. The number of nitrogens with zero attached hydrogens (tertiary/aromatic N) is 1. The number of allylic oxidation sites excluding steroid dienone is 1. The molecule has 0 aromatic heterocycles. The Morgan fingerprint density at radius 1 is 1.43 bits per heavy atom. The molecule has 5 heteroatoms. The minimum Gasteiger partial charge on any atom is -0.478 e. The molecule has 0 saturated heterocycles. The van der Waals surface area contributed by atoms with Crippen LogP contribution in [0.4, 0.5) is 0 Å². The molecule has 1 atom stereocenters. The summed E-state index contributed by atoms with van der Waals surface area (Å²) in [5.41, 5.74) is 2.95. The first-order chi connectivity index (χ1) is 10.9. The van der Waals surface area contributed by atoms with Gasteiger partial charge in [0.25, 0.3) is 0 Å². The average Bonchev–Trinajstić information content (AvgIpc) is 2.52. The molecular formula is C18H20N2O2S. The Balaban J connectivity index is 2.40. The van der Waals surface area contributed by atoms with E-state index in [9.17, 15) is 9.90 Å². The number of benzene rings is 1. The van der Waals surface area contributed by atoms with Gasteiger partial charge in [-0.15, -0.1) is 6.42 Å². The largest absolute Gasteiger partial charge is 0.478 e. The van der Waals surface area contributed by atoms with Crippen LogP contribution in [0.2, 0.25) is 0 Å². The summed E-state index contributed by atoms with van der Waals surface area (Å²) in [6.07, 6.45) is 5.29. The number of aliphatic carboxylic acids is 1. The quantitative estimate of drug-likeness (QED) is 0.830. The van der Waals surface area contributed by atoms with Crippen LogP contribution in [0, 0.1) is 12.3 Å². The summed E-state index contributed by atoms with van der Waals surface area (Å²) in [7, 11) is 0. The van der Waals surface area contributed by atoms with Crippen molar-refractivity contribution >= 4 is 22.9 Å². The van der Waals surface area contributed by atoms with Crippen molar-refractivity contribution in [1.82, 2.24) is 5.32 Å². The van der Waals surface area contributed by atoms with Gasteiger partial charge in [-0.1, -0.05) is 55.8 Å². The van der Waals surface area contributed by atoms with E-state index in [1.54, 1.807) is 6.92 Å². The molecule has 0 amide bonds. The van der Waals surface area contributed by atoms with Gasteiger partial charge in [0.2, 0.25) is 0 Å². The van der Waals surface area contributed by atoms with Gasteiger partial charge in [0.15, 0.2) is 5.17 Å². The van der Waals surface area contributed by atoms with Crippen LogP contribution in [0.5, 0.6) is 0 Å². The summed E-state index contributed by atoms with van der Waals surface area (Å²) in [6, 6.07) is 7.44. The Kier molecular flexibility index (Phi) is 5.51.